The first-order chi connectivity index (χ1) is 10.3. The number of nitrogens with zero attached hydrogens (tertiary/aromatic N) is 1. The van der Waals surface area contributed by atoms with Crippen LogP contribution in [0.15, 0.2) is 48.5 Å². The smallest absolute Gasteiger partial charge is 0.119 e. The molecular weight excluding hydrogens is 258 g/mol. The number of methoxy groups -OCH3 is 1. The SMILES string of the molecule is COc1ccc2c(c1)C1CN(Cc3ccccc3)CC1C2. The van der Waals surface area contributed by atoms with Gasteiger partial charge in [0.05, 0.1) is 7.11 Å². The Balaban J connectivity index is 1.52. The molecule has 1 heterocycles. The Bertz CT molecular complexity index is 637. The number of benzene rings is 2. The lowest BCUT2D eigenvalue weighted by Crippen LogP contribution is -2.21. The molecule has 2 atom stereocenters. The van der Waals surface area contributed by atoms with Crippen molar-refractivity contribution < 1.29 is 4.74 Å². The van der Waals surface area contributed by atoms with Crippen LogP contribution in [0, 0.1) is 5.92 Å². The molecule has 0 amide bonds. The monoisotopic (exact) mass is 279 g/mol. The standard InChI is InChI=1S/C19H21NO/c1-21-17-8-7-15-9-16-12-20(13-19(16)18(15)10-17)11-14-5-3-2-4-6-14/h2-8,10,16,19H,9,11-13H2,1H3. The van der Waals surface area contributed by atoms with Gasteiger partial charge < -0.3 is 4.74 Å². The van der Waals surface area contributed by atoms with Gasteiger partial charge in [-0.25, -0.2) is 0 Å². The maximum Gasteiger partial charge on any atom is 0.119 e. The third kappa shape index (κ3) is 2.34. The zero-order valence-electron chi connectivity index (χ0n) is 12.5. The second kappa shape index (κ2) is 5.19. The molecule has 2 aliphatic rings. The van der Waals surface area contributed by atoms with Gasteiger partial charge in [0.25, 0.3) is 0 Å². The highest BCUT2D eigenvalue weighted by atomic mass is 16.5. The van der Waals surface area contributed by atoms with Crippen molar-refractivity contribution in [3.8, 4) is 5.75 Å². The highest BCUT2D eigenvalue weighted by Crippen LogP contribution is 2.44. The van der Waals surface area contributed by atoms with Gasteiger partial charge in [0.15, 0.2) is 0 Å². The van der Waals surface area contributed by atoms with Crippen LogP contribution < -0.4 is 4.74 Å². The highest BCUT2D eigenvalue weighted by Gasteiger charge is 2.39. The highest BCUT2D eigenvalue weighted by molar-refractivity contribution is 5.43. The van der Waals surface area contributed by atoms with Crippen LogP contribution in [-0.2, 0) is 13.0 Å². The van der Waals surface area contributed by atoms with Gasteiger partial charge in [0.2, 0.25) is 0 Å². The van der Waals surface area contributed by atoms with E-state index in [1.54, 1.807) is 7.11 Å². The Labute approximate surface area is 126 Å². The van der Waals surface area contributed by atoms with Gasteiger partial charge in [-0.15, -0.1) is 0 Å². The van der Waals surface area contributed by atoms with Crippen molar-refractivity contribution in [2.24, 2.45) is 5.92 Å². The van der Waals surface area contributed by atoms with Crippen molar-refractivity contribution in [3.05, 3.63) is 65.2 Å². The zero-order valence-corrected chi connectivity index (χ0v) is 12.5. The third-order valence-electron chi connectivity index (χ3n) is 5.00. The number of ether oxygens (including phenoxy) is 1. The van der Waals surface area contributed by atoms with Gasteiger partial charge in [-0.1, -0.05) is 36.4 Å². The van der Waals surface area contributed by atoms with Crippen molar-refractivity contribution in [2.75, 3.05) is 20.2 Å². The summed E-state index contributed by atoms with van der Waals surface area (Å²) >= 11 is 0. The van der Waals surface area contributed by atoms with Crippen LogP contribution in [0.3, 0.4) is 0 Å². The maximum absolute atomic E-state index is 5.40. The summed E-state index contributed by atoms with van der Waals surface area (Å²) in [5, 5.41) is 0. The van der Waals surface area contributed by atoms with E-state index in [1.807, 2.05) is 0 Å². The second-order valence-electron chi connectivity index (χ2n) is 6.32. The minimum absolute atomic E-state index is 0.693. The average Bonchev–Trinajstić information content (AvgIpc) is 3.05. The molecule has 2 aromatic rings. The Kier molecular flexibility index (Phi) is 3.19. The van der Waals surface area contributed by atoms with Crippen LogP contribution in [0.4, 0.5) is 0 Å². The molecule has 1 aliphatic heterocycles. The quantitative estimate of drug-likeness (QED) is 0.853. The molecule has 2 unspecified atom stereocenters. The molecule has 0 radical (unpaired) electrons. The van der Waals surface area contributed by atoms with Crippen LogP contribution in [0.2, 0.25) is 0 Å². The summed E-state index contributed by atoms with van der Waals surface area (Å²) in [6.45, 7) is 3.48. The summed E-state index contributed by atoms with van der Waals surface area (Å²) in [7, 11) is 1.75. The van der Waals surface area contributed by atoms with Crippen molar-refractivity contribution >= 4 is 0 Å². The van der Waals surface area contributed by atoms with Gasteiger partial charge in [0.1, 0.15) is 5.75 Å². The zero-order chi connectivity index (χ0) is 14.2. The summed E-state index contributed by atoms with van der Waals surface area (Å²) in [6.07, 6.45) is 1.23. The predicted octanol–water partition coefficient (Wildman–Crippen LogP) is 3.47. The molecule has 1 fully saturated rings. The second-order valence-corrected chi connectivity index (χ2v) is 6.32. The van der Waals surface area contributed by atoms with E-state index in [4.69, 9.17) is 4.74 Å². The molecule has 4 rings (SSSR count). The Hall–Kier alpha value is -1.80. The fraction of sp³-hybridized carbons (Fsp3) is 0.368. The third-order valence-corrected chi connectivity index (χ3v) is 5.00. The molecule has 2 aromatic carbocycles. The van der Waals surface area contributed by atoms with E-state index >= 15 is 0 Å². The first-order valence-corrected chi connectivity index (χ1v) is 7.76. The van der Waals surface area contributed by atoms with E-state index in [1.165, 1.54) is 36.2 Å². The first kappa shape index (κ1) is 12.9. The van der Waals surface area contributed by atoms with Crippen LogP contribution in [-0.4, -0.2) is 25.1 Å². The van der Waals surface area contributed by atoms with Crippen LogP contribution >= 0.6 is 0 Å². The summed E-state index contributed by atoms with van der Waals surface area (Å²) in [5.41, 5.74) is 4.48. The number of rotatable bonds is 3. The molecule has 1 aliphatic carbocycles. The molecule has 0 saturated carbocycles. The molecule has 2 nitrogen and oxygen atoms in total. The van der Waals surface area contributed by atoms with Crippen molar-refractivity contribution in [2.45, 2.75) is 18.9 Å². The first-order valence-electron chi connectivity index (χ1n) is 7.76. The molecule has 0 N–H and O–H groups in total. The van der Waals surface area contributed by atoms with E-state index in [9.17, 15) is 0 Å². The van der Waals surface area contributed by atoms with E-state index in [0.29, 0.717) is 5.92 Å². The fourth-order valence-electron chi connectivity index (χ4n) is 4.00. The minimum atomic E-state index is 0.693. The Morgan fingerprint density at radius 2 is 1.95 bits per heavy atom. The van der Waals surface area contributed by atoms with Gasteiger partial charge in [-0.2, -0.15) is 0 Å². The molecule has 21 heavy (non-hydrogen) atoms. The lowest BCUT2D eigenvalue weighted by atomic mass is 9.96. The van der Waals surface area contributed by atoms with E-state index in [2.05, 4.69) is 53.4 Å². The molecule has 0 aromatic heterocycles. The summed E-state index contributed by atoms with van der Waals surface area (Å²) in [4.78, 5) is 2.60. The number of hydrogen-bond acceptors (Lipinski definition) is 2. The lowest BCUT2D eigenvalue weighted by Gasteiger charge is -2.17. The normalized spacial score (nSPS) is 23.9. The molecule has 2 heteroatoms. The summed E-state index contributed by atoms with van der Waals surface area (Å²) in [6, 6.07) is 17.4. The van der Waals surface area contributed by atoms with Gasteiger partial charge in [-0.3, -0.25) is 4.90 Å². The lowest BCUT2D eigenvalue weighted by molar-refractivity contribution is 0.314. The topological polar surface area (TPSA) is 12.5 Å². The van der Waals surface area contributed by atoms with E-state index in [0.717, 1.165) is 18.2 Å². The number of likely N-dealkylation sites (tertiary alicyclic amines) is 1. The summed E-state index contributed by atoms with van der Waals surface area (Å²) < 4.78 is 5.40. The Morgan fingerprint density at radius 1 is 1.10 bits per heavy atom. The number of hydrogen-bond donors (Lipinski definition) is 0. The minimum Gasteiger partial charge on any atom is -0.497 e. The van der Waals surface area contributed by atoms with Gasteiger partial charge in [-0.05, 0) is 41.2 Å². The average molecular weight is 279 g/mol. The maximum atomic E-state index is 5.40. The largest absolute Gasteiger partial charge is 0.497 e. The van der Waals surface area contributed by atoms with Crippen LogP contribution in [0.5, 0.6) is 5.75 Å². The Morgan fingerprint density at radius 3 is 2.76 bits per heavy atom. The van der Waals surface area contributed by atoms with Gasteiger partial charge >= 0.3 is 0 Å². The summed E-state index contributed by atoms with van der Waals surface area (Å²) in [5.74, 6) is 2.48. The number of fused-ring (bicyclic) bond motifs is 3. The van der Waals surface area contributed by atoms with Crippen molar-refractivity contribution in [3.63, 3.8) is 0 Å². The molecular formula is C19H21NO. The van der Waals surface area contributed by atoms with Gasteiger partial charge in [0, 0.05) is 25.6 Å². The van der Waals surface area contributed by atoms with Crippen molar-refractivity contribution in [1.82, 2.24) is 4.90 Å². The molecule has 108 valence electrons. The van der Waals surface area contributed by atoms with Crippen LogP contribution in [0.25, 0.3) is 0 Å². The van der Waals surface area contributed by atoms with E-state index < -0.39 is 0 Å². The fourth-order valence-corrected chi connectivity index (χ4v) is 4.00. The molecule has 0 spiro atoms. The predicted molar refractivity (Wildman–Crippen MR) is 84.6 cm³/mol. The van der Waals surface area contributed by atoms with E-state index in [-0.39, 0.29) is 0 Å². The molecule has 0 bridgehead atoms. The van der Waals surface area contributed by atoms with Crippen LogP contribution in [0.1, 0.15) is 22.6 Å². The molecule has 1 saturated heterocycles. The van der Waals surface area contributed by atoms with Crippen molar-refractivity contribution in [1.29, 1.82) is 0 Å².